The van der Waals surface area contributed by atoms with Gasteiger partial charge in [-0.05, 0) is 48.9 Å². The molecule has 0 bridgehead atoms. The molecule has 0 unspecified atom stereocenters. The molecule has 0 radical (unpaired) electrons. The Hall–Kier alpha value is -1.31. The highest BCUT2D eigenvalue weighted by molar-refractivity contribution is 5.77. The maximum atomic E-state index is 10.8. The summed E-state index contributed by atoms with van der Waals surface area (Å²) in [6.45, 7) is 6.81. The fourth-order valence-electron chi connectivity index (χ4n) is 2.41. The number of nitrogens with zero attached hydrogens (tertiary/aromatic N) is 1. The number of fused-ring (bicyclic) bond motifs is 1. The van der Waals surface area contributed by atoms with Gasteiger partial charge in [0, 0.05) is 24.3 Å². The number of hydrogen-bond acceptors (Lipinski definition) is 2. The van der Waals surface area contributed by atoms with E-state index in [1.165, 1.54) is 24.1 Å². The number of aldehydes is 1. The van der Waals surface area contributed by atoms with E-state index in [4.69, 9.17) is 0 Å². The van der Waals surface area contributed by atoms with E-state index in [1.807, 2.05) is 12.1 Å². The van der Waals surface area contributed by atoms with Crippen molar-refractivity contribution in [1.29, 1.82) is 0 Å². The van der Waals surface area contributed by atoms with Crippen LogP contribution in [0.25, 0.3) is 0 Å². The molecule has 0 saturated carbocycles. The molecule has 2 nitrogen and oxygen atoms in total. The Kier molecular flexibility index (Phi) is 3.82. The predicted molar refractivity (Wildman–Crippen MR) is 71.8 cm³/mol. The number of carbonyl (C=O) groups excluding carboxylic acids is 1. The SMILES string of the molecule is CC(C)CCN1CCCc2cc(C=O)ccc21. The minimum absolute atomic E-state index is 0.745. The van der Waals surface area contributed by atoms with E-state index >= 15 is 0 Å². The minimum Gasteiger partial charge on any atom is -0.371 e. The van der Waals surface area contributed by atoms with Crippen LogP contribution >= 0.6 is 0 Å². The molecule has 0 aliphatic carbocycles. The maximum Gasteiger partial charge on any atom is 0.150 e. The first-order chi connectivity index (χ1) is 8.20. The zero-order valence-electron chi connectivity index (χ0n) is 10.8. The van der Waals surface area contributed by atoms with Crippen LogP contribution in [0.5, 0.6) is 0 Å². The Labute approximate surface area is 104 Å². The number of anilines is 1. The third-order valence-corrected chi connectivity index (χ3v) is 3.43. The predicted octanol–water partition coefficient (Wildman–Crippen LogP) is 3.30. The van der Waals surface area contributed by atoms with E-state index in [0.29, 0.717) is 0 Å². The zero-order chi connectivity index (χ0) is 12.3. The first-order valence-corrected chi connectivity index (χ1v) is 6.53. The second kappa shape index (κ2) is 5.35. The molecule has 0 N–H and O–H groups in total. The summed E-state index contributed by atoms with van der Waals surface area (Å²) >= 11 is 0. The van der Waals surface area contributed by atoms with Crippen LogP contribution in [-0.4, -0.2) is 19.4 Å². The highest BCUT2D eigenvalue weighted by Crippen LogP contribution is 2.28. The summed E-state index contributed by atoms with van der Waals surface area (Å²) in [6.07, 6.45) is 4.48. The molecule has 0 amide bonds. The highest BCUT2D eigenvalue weighted by atomic mass is 16.1. The van der Waals surface area contributed by atoms with E-state index in [9.17, 15) is 4.79 Å². The molecule has 1 aromatic carbocycles. The summed E-state index contributed by atoms with van der Waals surface area (Å²) < 4.78 is 0. The lowest BCUT2D eigenvalue weighted by molar-refractivity contribution is 0.112. The van der Waals surface area contributed by atoms with Crippen LogP contribution in [0.3, 0.4) is 0 Å². The number of hydrogen-bond donors (Lipinski definition) is 0. The van der Waals surface area contributed by atoms with Gasteiger partial charge in [-0.15, -0.1) is 0 Å². The van der Waals surface area contributed by atoms with Gasteiger partial charge in [0.05, 0.1) is 0 Å². The quantitative estimate of drug-likeness (QED) is 0.741. The van der Waals surface area contributed by atoms with Crippen molar-refractivity contribution in [2.75, 3.05) is 18.0 Å². The standard InChI is InChI=1S/C15H21NO/c1-12(2)7-9-16-8-3-4-14-10-13(11-17)5-6-15(14)16/h5-6,10-12H,3-4,7-9H2,1-2H3. The molecular formula is C15H21NO. The van der Waals surface area contributed by atoms with E-state index in [1.54, 1.807) is 0 Å². The van der Waals surface area contributed by atoms with Gasteiger partial charge in [0.1, 0.15) is 6.29 Å². The largest absolute Gasteiger partial charge is 0.371 e. The van der Waals surface area contributed by atoms with Crippen molar-refractivity contribution in [3.05, 3.63) is 29.3 Å². The van der Waals surface area contributed by atoms with Crippen molar-refractivity contribution < 1.29 is 4.79 Å². The zero-order valence-corrected chi connectivity index (χ0v) is 10.8. The third-order valence-electron chi connectivity index (χ3n) is 3.43. The summed E-state index contributed by atoms with van der Waals surface area (Å²) in [5, 5.41) is 0. The Morgan fingerprint density at radius 1 is 1.41 bits per heavy atom. The lowest BCUT2D eigenvalue weighted by Crippen LogP contribution is -2.31. The average molecular weight is 231 g/mol. The summed E-state index contributed by atoms with van der Waals surface area (Å²) in [7, 11) is 0. The molecule has 1 aromatic rings. The molecule has 0 saturated heterocycles. The van der Waals surface area contributed by atoms with Crippen molar-refractivity contribution in [2.45, 2.75) is 33.1 Å². The minimum atomic E-state index is 0.745. The lowest BCUT2D eigenvalue weighted by atomic mass is 9.98. The van der Waals surface area contributed by atoms with Crippen molar-refractivity contribution in [1.82, 2.24) is 0 Å². The van der Waals surface area contributed by atoms with Crippen molar-refractivity contribution >= 4 is 12.0 Å². The van der Waals surface area contributed by atoms with E-state index in [2.05, 4.69) is 24.8 Å². The van der Waals surface area contributed by atoms with Crippen LogP contribution in [0.1, 0.15) is 42.6 Å². The summed E-state index contributed by atoms with van der Waals surface area (Å²) in [5.41, 5.74) is 3.47. The third kappa shape index (κ3) is 2.87. The van der Waals surface area contributed by atoms with Gasteiger partial charge in [-0.1, -0.05) is 13.8 Å². The van der Waals surface area contributed by atoms with E-state index in [-0.39, 0.29) is 0 Å². The van der Waals surface area contributed by atoms with Crippen molar-refractivity contribution in [2.24, 2.45) is 5.92 Å². The fraction of sp³-hybridized carbons (Fsp3) is 0.533. The first-order valence-electron chi connectivity index (χ1n) is 6.53. The molecule has 1 aliphatic heterocycles. The molecule has 2 rings (SSSR count). The van der Waals surface area contributed by atoms with Crippen LogP contribution < -0.4 is 4.90 Å². The number of carbonyl (C=O) groups is 1. The molecule has 0 fully saturated rings. The molecule has 1 aliphatic rings. The van der Waals surface area contributed by atoms with Gasteiger partial charge < -0.3 is 4.90 Å². The monoisotopic (exact) mass is 231 g/mol. The summed E-state index contributed by atoms with van der Waals surface area (Å²) in [5.74, 6) is 0.745. The van der Waals surface area contributed by atoms with Crippen molar-refractivity contribution in [3.8, 4) is 0 Å². The normalized spacial score (nSPS) is 14.9. The smallest absolute Gasteiger partial charge is 0.150 e. The van der Waals surface area contributed by atoms with Gasteiger partial charge in [0.2, 0.25) is 0 Å². The number of rotatable bonds is 4. The molecule has 1 heterocycles. The Bertz CT molecular complexity index is 398. The van der Waals surface area contributed by atoms with Crippen LogP contribution in [0.15, 0.2) is 18.2 Å². The molecule has 92 valence electrons. The molecule has 0 spiro atoms. The highest BCUT2D eigenvalue weighted by Gasteiger charge is 2.16. The number of aryl methyl sites for hydroxylation is 1. The van der Waals surface area contributed by atoms with Gasteiger partial charge in [0.25, 0.3) is 0 Å². The molecule has 0 aromatic heterocycles. The topological polar surface area (TPSA) is 20.3 Å². The lowest BCUT2D eigenvalue weighted by Gasteiger charge is -2.32. The summed E-state index contributed by atoms with van der Waals surface area (Å²) in [6, 6.07) is 6.09. The number of benzene rings is 1. The second-order valence-electron chi connectivity index (χ2n) is 5.28. The summed E-state index contributed by atoms with van der Waals surface area (Å²) in [4.78, 5) is 13.2. The van der Waals surface area contributed by atoms with Crippen LogP contribution in [-0.2, 0) is 6.42 Å². The molecule has 0 atom stereocenters. The van der Waals surface area contributed by atoms with Gasteiger partial charge in [-0.3, -0.25) is 4.79 Å². The molecule has 17 heavy (non-hydrogen) atoms. The van der Waals surface area contributed by atoms with E-state index < -0.39 is 0 Å². The Balaban J connectivity index is 2.16. The van der Waals surface area contributed by atoms with Gasteiger partial charge in [-0.2, -0.15) is 0 Å². The Morgan fingerprint density at radius 2 is 2.24 bits per heavy atom. The van der Waals surface area contributed by atoms with Crippen LogP contribution in [0.4, 0.5) is 5.69 Å². The molecular weight excluding hydrogens is 210 g/mol. The van der Waals surface area contributed by atoms with Crippen LogP contribution in [0, 0.1) is 5.92 Å². The van der Waals surface area contributed by atoms with Gasteiger partial charge in [0.15, 0.2) is 0 Å². The van der Waals surface area contributed by atoms with Crippen LogP contribution in [0.2, 0.25) is 0 Å². The first kappa shape index (κ1) is 12.2. The molecule has 2 heteroatoms. The maximum absolute atomic E-state index is 10.8. The van der Waals surface area contributed by atoms with Crippen molar-refractivity contribution in [3.63, 3.8) is 0 Å². The Morgan fingerprint density at radius 3 is 2.94 bits per heavy atom. The fourth-order valence-corrected chi connectivity index (χ4v) is 2.41. The second-order valence-corrected chi connectivity index (χ2v) is 5.28. The van der Waals surface area contributed by atoms with Gasteiger partial charge in [-0.25, -0.2) is 0 Å². The van der Waals surface area contributed by atoms with E-state index in [0.717, 1.165) is 37.3 Å². The average Bonchev–Trinajstić information content (AvgIpc) is 2.35. The van der Waals surface area contributed by atoms with Gasteiger partial charge >= 0.3 is 0 Å².